The first kappa shape index (κ1) is 16.4. The van der Waals surface area contributed by atoms with E-state index < -0.39 is 0 Å². The molecule has 0 aliphatic rings. The second-order valence-corrected chi connectivity index (χ2v) is 5.44. The summed E-state index contributed by atoms with van der Waals surface area (Å²) in [6.45, 7) is 0. The van der Waals surface area contributed by atoms with Crippen molar-refractivity contribution in [2.75, 3.05) is 42.5 Å². The maximum absolute atomic E-state index is 5.20. The van der Waals surface area contributed by atoms with Crippen molar-refractivity contribution in [1.29, 1.82) is 0 Å². The van der Waals surface area contributed by atoms with Crippen LogP contribution in [0.5, 0.6) is 17.2 Å². The van der Waals surface area contributed by atoms with Gasteiger partial charge >= 0.3 is 91.0 Å². The van der Waals surface area contributed by atoms with Crippen molar-refractivity contribution in [1.82, 2.24) is 4.90 Å². The molecule has 0 aromatic heterocycles. The summed E-state index contributed by atoms with van der Waals surface area (Å²) < 4.78 is 16.6. The van der Waals surface area contributed by atoms with Gasteiger partial charge in [-0.25, -0.2) is 0 Å². The summed E-state index contributed by atoms with van der Waals surface area (Å²) in [6.07, 6.45) is 0. The molecule has 5 heteroatoms. The van der Waals surface area contributed by atoms with Gasteiger partial charge in [0.05, 0.1) is 0 Å². The van der Waals surface area contributed by atoms with Crippen LogP contribution in [0.15, 0.2) is 12.1 Å². The van der Waals surface area contributed by atoms with Crippen molar-refractivity contribution < 1.29 is 14.2 Å². The second kappa shape index (κ2) is 8.47. The molecule has 0 saturated heterocycles. The van der Waals surface area contributed by atoms with Crippen LogP contribution in [0, 0.1) is 0 Å². The molecule has 0 saturated carbocycles. The van der Waals surface area contributed by atoms with Crippen LogP contribution in [0.25, 0.3) is 0 Å². The van der Waals surface area contributed by atoms with E-state index in [9.17, 15) is 0 Å². The molecule has 0 aliphatic heterocycles. The molecule has 1 aromatic carbocycles. The van der Waals surface area contributed by atoms with Crippen molar-refractivity contribution >= 4 is 26.1 Å². The van der Waals surface area contributed by atoms with E-state index >= 15 is 0 Å². The van der Waals surface area contributed by atoms with Gasteiger partial charge in [-0.15, -0.1) is 0 Å². The average Bonchev–Trinajstić information content (AvgIpc) is 2.28. The molecule has 0 amide bonds. The van der Waals surface area contributed by atoms with Gasteiger partial charge < -0.3 is 4.90 Å². The van der Waals surface area contributed by atoms with Crippen molar-refractivity contribution in [2.24, 2.45) is 0 Å². The molecule has 0 fully saturated rings. The molecule has 1 rings (SSSR count). The number of rotatable bonds is 3. The third kappa shape index (κ3) is 6.02. The molecule has 0 N–H and O–H groups in total. The minimum absolute atomic E-state index is 0.756. The Kier molecular flexibility index (Phi) is 8.16. The van der Waals surface area contributed by atoms with Crippen LogP contribution in [0.4, 0.5) is 0 Å². The van der Waals surface area contributed by atoms with E-state index in [0.29, 0.717) is 0 Å². The zero-order valence-corrected chi connectivity index (χ0v) is 14.7. The number of ether oxygens (including phenoxy) is 3. The Hall–Kier alpha value is -0.621. The summed E-state index contributed by atoms with van der Waals surface area (Å²) in [5.74, 6) is 2.42. The third-order valence-corrected chi connectivity index (χ3v) is 3.38. The van der Waals surface area contributed by atoms with Gasteiger partial charge in [-0.2, -0.15) is 0 Å². The fourth-order valence-corrected chi connectivity index (χ4v) is 2.18. The van der Waals surface area contributed by atoms with Gasteiger partial charge in [0.25, 0.3) is 0 Å². The third-order valence-electron chi connectivity index (χ3n) is 1.75. The number of hydrogen-bond acceptors (Lipinski definition) is 4. The first-order valence-electron chi connectivity index (χ1n) is 5.12. The van der Waals surface area contributed by atoms with Gasteiger partial charge in [0.2, 0.25) is 0 Å². The summed E-state index contributed by atoms with van der Waals surface area (Å²) in [7, 11) is 10.9. The SMILES string of the molecule is CN(C)C.COc1cc(OC)[c]([SnH])c(OC)c1. The van der Waals surface area contributed by atoms with Crippen LogP contribution < -0.4 is 17.8 Å². The van der Waals surface area contributed by atoms with E-state index in [0.717, 1.165) is 43.4 Å². The molecule has 0 bridgehead atoms. The first-order chi connectivity index (χ1) is 7.96. The zero-order chi connectivity index (χ0) is 13.4. The quantitative estimate of drug-likeness (QED) is 0.743. The Bertz CT molecular complexity index is 315. The molecular weight excluding hydrogens is 325 g/mol. The van der Waals surface area contributed by atoms with Crippen LogP contribution in [-0.2, 0) is 0 Å². The van der Waals surface area contributed by atoms with Gasteiger partial charge in [0, 0.05) is 0 Å². The average molecular weight is 346 g/mol. The Balaban J connectivity index is 0.000000557. The van der Waals surface area contributed by atoms with Crippen molar-refractivity contribution in [2.45, 2.75) is 0 Å². The number of benzene rings is 1. The zero-order valence-electron chi connectivity index (χ0n) is 11.4. The van der Waals surface area contributed by atoms with Crippen LogP contribution in [0.3, 0.4) is 0 Å². The Morgan fingerprint density at radius 3 is 1.47 bits per heavy atom. The van der Waals surface area contributed by atoms with Crippen molar-refractivity contribution in [3.05, 3.63) is 12.1 Å². The fraction of sp³-hybridized carbons (Fsp3) is 0.500. The van der Waals surface area contributed by atoms with E-state index in [4.69, 9.17) is 14.2 Å². The van der Waals surface area contributed by atoms with Gasteiger partial charge in [-0.1, -0.05) is 0 Å². The Labute approximate surface area is 117 Å². The van der Waals surface area contributed by atoms with Crippen LogP contribution in [0.1, 0.15) is 0 Å². The topological polar surface area (TPSA) is 30.9 Å². The second-order valence-electron chi connectivity index (χ2n) is 3.79. The predicted molar refractivity (Wildman–Crippen MR) is 72.5 cm³/mol. The van der Waals surface area contributed by atoms with Gasteiger partial charge in [-0.3, -0.25) is 0 Å². The van der Waals surface area contributed by atoms with E-state index in [1.807, 2.05) is 38.2 Å². The molecule has 0 spiro atoms. The monoisotopic (exact) mass is 347 g/mol. The van der Waals surface area contributed by atoms with Gasteiger partial charge in [0.1, 0.15) is 0 Å². The molecule has 96 valence electrons. The molecule has 0 aliphatic carbocycles. The van der Waals surface area contributed by atoms with Crippen molar-refractivity contribution in [3.63, 3.8) is 0 Å². The minimum atomic E-state index is 0.756. The van der Waals surface area contributed by atoms with Crippen LogP contribution >= 0.6 is 0 Å². The number of hydrogen-bond donors (Lipinski definition) is 0. The Morgan fingerprint density at radius 1 is 0.882 bits per heavy atom. The Morgan fingerprint density at radius 2 is 1.24 bits per heavy atom. The molecule has 0 atom stereocenters. The molecule has 0 heterocycles. The summed E-state index contributed by atoms with van der Waals surface area (Å²) in [5, 5.41) is 0. The molecule has 1 aromatic rings. The molecular formula is C12H21NO3Sn. The number of methoxy groups -OCH3 is 3. The maximum atomic E-state index is 5.20. The summed E-state index contributed by atoms with van der Waals surface area (Å²) >= 11 is 0.959. The van der Waals surface area contributed by atoms with E-state index in [2.05, 4.69) is 0 Å². The first-order valence-corrected chi connectivity index (χ1v) is 6.77. The fourth-order valence-electron chi connectivity index (χ4n) is 1.03. The standard InChI is InChI=1S/C9H11O3.C3H9N.Sn.H/c1-10-7-4-8(11-2)6-9(5-7)12-3;1-4(2)3;;/h4-5H,1-3H3;1-3H3;;. The van der Waals surface area contributed by atoms with Crippen molar-refractivity contribution in [3.8, 4) is 17.2 Å². The molecule has 2 radical (unpaired) electrons. The summed E-state index contributed by atoms with van der Waals surface area (Å²) in [6, 6.07) is 3.73. The number of nitrogens with zero attached hydrogens (tertiary/aromatic N) is 1. The summed E-state index contributed by atoms with van der Waals surface area (Å²) in [4.78, 5) is 2.00. The van der Waals surface area contributed by atoms with E-state index in [1.165, 1.54) is 0 Å². The van der Waals surface area contributed by atoms with E-state index in [-0.39, 0.29) is 0 Å². The van der Waals surface area contributed by atoms with Crippen LogP contribution in [0.2, 0.25) is 0 Å². The van der Waals surface area contributed by atoms with Gasteiger partial charge in [-0.05, 0) is 21.1 Å². The van der Waals surface area contributed by atoms with Crippen LogP contribution in [-0.4, -0.2) is 69.9 Å². The predicted octanol–water partition coefficient (Wildman–Crippen LogP) is 0.416. The normalized spacial score (nSPS) is 9.41. The van der Waals surface area contributed by atoms with E-state index in [1.54, 1.807) is 21.3 Å². The molecule has 17 heavy (non-hydrogen) atoms. The summed E-state index contributed by atoms with van der Waals surface area (Å²) in [5.41, 5.74) is 0. The molecule has 0 unspecified atom stereocenters. The van der Waals surface area contributed by atoms with Gasteiger partial charge in [0.15, 0.2) is 0 Å². The molecule has 4 nitrogen and oxygen atoms in total.